The Morgan fingerprint density at radius 1 is 1.33 bits per heavy atom. The van der Waals surface area contributed by atoms with Gasteiger partial charge in [0.1, 0.15) is 6.29 Å². The van der Waals surface area contributed by atoms with Crippen LogP contribution >= 0.6 is 0 Å². The van der Waals surface area contributed by atoms with Crippen LogP contribution in [0.2, 0.25) is 0 Å². The number of hydrogen-bond acceptors (Lipinski definition) is 3. The Labute approximate surface area is 71.0 Å². The van der Waals surface area contributed by atoms with Crippen molar-refractivity contribution in [3.05, 3.63) is 0 Å². The van der Waals surface area contributed by atoms with Crippen molar-refractivity contribution in [2.75, 3.05) is 13.2 Å². The highest BCUT2D eigenvalue weighted by molar-refractivity contribution is 5.60. The normalized spacial score (nSPS) is 47.8. The zero-order valence-corrected chi connectivity index (χ0v) is 6.86. The van der Waals surface area contributed by atoms with Crippen molar-refractivity contribution in [1.29, 1.82) is 0 Å². The molecule has 12 heavy (non-hydrogen) atoms. The van der Waals surface area contributed by atoms with Gasteiger partial charge in [0.25, 0.3) is 0 Å². The van der Waals surface area contributed by atoms with E-state index in [1.54, 1.807) is 0 Å². The maximum atomic E-state index is 10.6. The van der Waals surface area contributed by atoms with Gasteiger partial charge in [-0.05, 0) is 12.3 Å². The summed E-state index contributed by atoms with van der Waals surface area (Å²) in [5.41, 5.74) is 0. The van der Waals surface area contributed by atoms with E-state index < -0.39 is 0 Å². The van der Waals surface area contributed by atoms with Crippen LogP contribution in [0.25, 0.3) is 0 Å². The van der Waals surface area contributed by atoms with Crippen molar-refractivity contribution in [2.24, 2.45) is 17.8 Å². The zero-order valence-electron chi connectivity index (χ0n) is 6.86. The first-order valence-electron chi connectivity index (χ1n) is 4.61. The third-order valence-electron chi connectivity index (χ3n) is 3.50. The van der Waals surface area contributed by atoms with Crippen LogP contribution in [-0.2, 0) is 14.3 Å². The summed E-state index contributed by atoms with van der Waals surface area (Å²) in [6.45, 7) is 1.41. The van der Waals surface area contributed by atoms with Crippen LogP contribution in [0, 0.1) is 17.8 Å². The van der Waals surface area contributed by atoms with Gasteiger partial charge in [-0.25, -0.2) is 0 Å². The number of fused-ring (bicyclic) bond motifs is 2. The molecule has 3 rings (SSSR count). The third kappa shape index (κ3) is 0.666. The van der Waals surface area contributed by atoms with Gasteiger partial charge in [0.15, 0.2) is 5.79 Å². The SMILES string of the molecule is O=C[C@H]1[C@H]2CCC3(OCCO3)[C@@H]12. The molecule has 3 nitrogen and oxygen atoms in total. The van der Waals surface area contributed by atoms with E-state index in [1.807, 2.05) is 0 Å². The van der Waals surface area contributed by atoms with E-state index in [0.717, 1.165) is 19.1 Å². The Bertz CT molecular complexity index is 214. The average molecular weight is 168 g/mol. The molecule has 2 saturated carbocycles. The topological polar surface area (TPSA) is 35.5 Å². The summed E-state index contributed by atoms with van der Waals surface area (Å²) >= 11 is 0. The Morgan fingerprint density at radius 3 is 2.67 bits per heavy atom. The van der Waals surface area contributed by atoms with Gasteiger partial charge in [-0.15, -0.1) is 0 Å². The molecule has 0 aromatic heterocycles. The maximum absolute atomic E-state index is 10.6. The molecule has 0 aromatic carbocycles. The summed E-state index contributed by atoms with van der Waals surface area (Å²) in [5, 5.41) is 0. The quantitative estimate of drug-likeness (QED) is 0.537. The van der Waals surface area contributed by atoms with Gasteiger partial charge in [-0.1, -0.05) is 0 Å². The van der Waals surface area contributed by atoms with Gasteiger partial charge in [0, 0.05) is 18.3 Å². The molecular weight excluding hydrogens is 156 g/mol. The largest absolute Gasteiger partial charge is 0.347 e. The highest BCUT2D eigenvalue weighted by Gasteiger charge is 2.68. The smallest absolute Gasteiger partial charge is 0.172 e. The molecule has 0 bridgehead atoms. The Balaban J connectivity index is 1.85. The van der Waals surface area contributed by atoms with E-state index >= 15 is 0 Å². The van der Waals surface area contributed by atoms with Crippen molar-refractivity contribution in [3.8, 4) is 0 Å². The Hall–Kier alpha value is -0.410. The summed E-state index contributed by atoms with van der Waals surface area (Å²) in [4.78, 5) is 10.6. The fourth-order valence-electron chi connectivity index (χ4n) is 2.92. The molecule has 0 radical (unpaired) electrons. The summed E-state index contributed by atoms with van der Waals surface area (Å²) in [6.07, 6.45) is 3.17. The van der Waals surface area contributed by atoms with E-state index in [1.165, 1.54) is 0 Å². The van der Waals surface area contributed by atoms with Crippen molar-refractivity contribution in [1.82, 2.24) is 0 Å². The number of carbonyl (C=O) groups excluding carboxylic acids is 1. The number of rotatable bonds is 1. The maximum Gasteiger partial charge on any atom is 0.172 e. The molecule has 1 spiro atoms. The van der Waals surface area contributed by atoms with E-state index in [-0.39, 0.29) is 11.7 Å². The average Bonchev–Trinajstić information content (AvgIpc) is 2.45. The minimum atomic E-state index is -0.337. The molecule has 1 saturated heterocycles. The molecule has 0 unspecified atom stereocenters. The second kappa shape index (κ2) is 2.09. The molecule has 0 aromatic rings. The predicted octanol–water partition coefficient (Wildman–Crippen LogP) is 0.584. The lowest BCUT2D eigenvalue weighted by Crippen LogP contribution is -2.31. The number of carbonyl (C=O) groups is 1. The minimum Gasteiger partial charge on any atom is -0.347 e. The lowest BCUT2D eigenvalue weighted by molar-refractivity contribution is -0.171. The van der Waals surface area contributed by atoms with Gasteiger partial charge in [0.05, 0.1) is 13.2 Å². The second-order valence-corrected chi connectivity index (χ2v) is 3.95. The van der Waals surface area contributed by atoms with Crippen LogP contribution in [0.15, 0.2) is 0 Å². The van der Waals surface area contributed by atoms with E-state index in [9.17, 15) is 4.79 Å². The number of aldehydes is 1. The lowest BCUT2D eigenvalue weighted by atomic mass is 10.1. The van der Waals surface area contributed by atoms with Crippen LogP contribution in [-0.4, -0.2) is 25.3 Å². The van der Waals surface area contributed by atoms with Gasteiger partial charge >= 0.3 is 0 Å². The first-order valence-corrected chi connectivity index (χ1v) is 4.61. The number of hydrogen-bond donors (Lipinski definition) is 0. The van der Waals surface area contributed by atoms with Crippen molar-refractivity contribution in [3.63, 3.8) is 0 Å². The molecule has 2 aliphatic carbocycles. The molecule has 3 aliphatic rings. The minimum absolute atomic E-state index is 0.233. The van der Waals surface area contributed by atoms with E-state index in [4.69, 9.17) is 9.47 Å². The molecule has 3 fully saturated rings. The lowest BCUT2D eigenvalue weighted by Gasteiger charge is -2.24. The fraction of sp³-hybridized carbons (Fsp3) is 0.889. The summed E-state index contributed by atoms with van der Waals surface area (Å²) < 4.78 is 11.2. The number of ether oxygens (including phenoxy) is 2. The van der Waals surface area contributed by atoms with Crippen LogP contribution in [0.1, 0.15) is 12.8 Å². The molecule has 1 aliphatic heterocycles. The van der Waals surface area contributed by atoms with Gasteiger partial charge in [-0.2, -0.15) is 0 Å². The van der Waals surface area contributed by atoms with E-state index in [0.29, 0.717) is 25.0 Å². The standard InChI is InChI=1S/C9H12O3/c10-5-7-6-1-2-9(8(6)7)11-3-4-12-9/h5-8H,1-4H2/t6-,7+,8-/m1/s1. The first kappa shape index (κ1) is 7.04. The summed E-state index contributed by atoms with van der Waals surface area (Å²) in [5.74, 6) is 0.853. The van der Waals surface area contributed by atoms with Crippen LogP contribution in [0.3, 0.4) is 0 Å². The van der Waals surface area contributed by atoms with E-state index in [2.05, 4.69) is 0 Å². The molecule has 3 heteroatoms. The zero-order chi connectivity index (χ0) is 8.18. The molecule has 66 valence electrons. The van der Waals surface area contributed by atoms with Crippen LogP contribution in [0.4, 0.5) is 0 Å². The predicted molar refractivity (Wildman–Crippen MR) is 40.4 cm³/mol. The summed E-state index contributed by atoms with van der Waals surface area (Å²) in [7, 11) is 0. The molecule has 0 N–H and O–H groups in total. The van der Waals surface area contributed by atoms with Crippen molar-refractivity contribution in [2.45, 2.75) is 18.6 Å². The Kier molecular flexibility index (Phi) is 1.23. The molecule has 1 heterocycles. The highest BCUT2D eigenvalue weighted by atomic mass is 16.7. The van der Waals surface area contributed by atoms with Crippen molar-refractivity contribution < 1.29 is 14.3 Å². The third-order valence-corrected chi connectivity index (χ3v) is 3.50. The van der Waals surface area contributed by atoms with Gasteiger partial charge < -0.3 is 14.3 Å². The Morgan fingerprint density at radius 2 is 2.08 bits per heavy atom. The molecule has 0 amide bonds. The van der Waals surface area contributed by atoms with Crippen LogP contribution in [0.5, 0.6) is 0 Å². The first-order chi connectivity index (χ1) is 5.87. The monoisotopic (exact) mass is 168 g/mol. The van der Waals surface area contributed by atoms with Gasteiger partial charge in [-0.3, -0.25) is 0 Å². The highest BCUT2D eigenvalue weighted by Crippen LogP contribution is 2.63. The van der Waals surface area contributed by atoms with Crippen molar-refractivity contribution >= 4 is 6.29 Å². The van der Waals surface area contributed by atoms with Gasteiger partial charge in [0.2, 0.25) is 0 Å². The fourth-order valence-corrected chi connectivity index (χ4v) is 2.92. The molecule has 3 atom stereocenters. The second-order valence-electron chi connectivity index (χ2n) is 3.95. The summed E-state index contributed by atoms with van der Waals surface area (Å²) in [6, 6.07) is 0. The molecular formula is C9H12O3. The van der Waals surface area contributed by atoms with Crippen LogP contribution < -0.4 is 0 Å².